The summed E-state index contributed by atoms with van der Waals surface area (Å²) >= 11 is 0. The molecule has 0 aromatic carbocycles. The third-order valence-corrected chi connectivity index (χ3v) is 3.26. The van der Waals surface area contributed by atoms with Gasteiger partial charge in [0.05, 0.1) is 0 Å². The summed E-state index contributed by atoms with van der Waals surface area (Å²) in [5.74, 6) is 3.13. The van der Waals surface area contributed by atoms with Crippen LogP contribution in [0.15, 0.2) is 0 Å². The third-order valence-electron chi connectivity index (χ3n) is 3.26. The first-order valence-corrected chi connectivity index (χ1v) is 6.19. The number of methoxy groups -OCH3 is 1. The van der Waals surface area contributed by atoms with Crippen LogP contribution in [-0.4, -0.2) is 28.9 Å². The Morgan fingerprint density at radius 1 is 1.44 bits per heavy atom. The lowest BCUT2D eigenvalue weighted by Crippen LogP contribution is -2.08. The normalized spacial score (nSPS) is 19.1. The quantitative estimate of drug-likeness (QED) is 0.833. The van der Waals surface area contributed by atoms with Crippen molar-refractivity contribution in [3.63, 3.8) is 0 Å². The molecule has 1 saturated carbocycles. The van der Waals surface area contributed by atoms with Gasteiger partial charge in [0, 0.05) is 26.1 Å². The summed E-state index contributed by atoms with van der Waals surface area (Å²) < 4.78 is 5.12. The highest BCUT2D eigenvalue weighted by Gasteiger charge is 2.21. The van der Waals surface area contributed by atoms with Crippen LogP contribution in [0.3, 0.4) is 0 Å². The Kier molecular flexibility index (Phi) is 3.93. The standard InChI is InChI=1S/C12H21N3O/c1-9(8-16-2)7-11-13-12(15-14-11)10-5-3-4-6-10/h9-10H,3-8H2,1-2H3,(H,13,14,15). The molecule has 2 rings (SSSR count). The summed E-state index contributed by atoms with van der Waals surface area (Å²) in [7, 11) is 1.74. The number of ether oxygens (including phenoxy) is 1. The molecule has 0 radical (unpaired) electrons. The SMILES string of the molecule is COCC(C)Cc1nc(C2CCCC2)n[nH]1. The van der Waals surface area contributed by atoms with Gasteiger partial charge in [-0.15, -0.1) is 0 Å². The number of aromatic amines is 1. The Bertz CT molecular complexity index is 318. The molecule has 1 aromatic rings. The van der Waals surface area contributed by atoms with Crippen LogP contribution in [0.25, 0.3) is 0 Å². The van der Waals surface area contributed by atoms with E-state index in [0.29, 0.717) is 11.8 Å². The predicted molar refractivity (Wildman–Crippen MR) is 62.3 cm³/mol. The number of nitrogens with one attached hydrogen (secondary N) is 1. The second kappa shape index (κ2) is 5.43. The zero-order chi connectivity index (χ0) is 11.4. The van der Waals surface area contributed by atoms with Gasteiger partial charge in [-0.25, -0.2) is 4.98 Å². The zero-order valence-corrected chi connectivity index (χ0v) is 10.2. The Labute approximate surface area is 96.8 Å². The number of aromatic nitrogens is 3. The predicted octanol–water partition coefficient (Wildman–Crippen LogP) is 2.29. The first-order valence-electron chi connectivity index (χ1n) is 6.19. The van der Waals surface area contributed by atoms with E-state index < -0.39 is 0 Å². The maximum Gasteiger partial charge on any atom is 0.153 e. The molecule has 0 bridgehead atoms. The van der Waals surface area contributed by atoms with Crippen molar-refractivity contribution in [2.24, 2.45) is 5.92 Å². The topological polar surface area (TPSA) is 50.8 Å². The van der Waals surface area contributed by atoms with E-state index in [4.69, 9.17) is 4.74 Å². The molecule has 1 atom stereocenters. The van der Waals surface area contributed by atoms with Crippen molar-refractivity contribution < 1.29 is 4.74 Å². The number of H-pyrrole nitrogens is 1. The van der Waals surface area contributed by atoms with Gasteiger partial charge < -0.3 is 4.74 Å². The largest absolute Gasteiger partial charge is 0.384 e. The van der Waals surface area contributed by atoms with Crippen LogP contribution in [0, 0.1) is 5.92 Å². The molecule has 1 aliphatic carbocycles. The highest BCUT2D eigenvalue weighted by molar-refractivity contribution is 5.00. The van der Waals surface area contributed by atoms with Crippen LogP contribution < -0.4 is 0 Å². The van der Waals surface area contributed by atoms with Crippen LogP contribution in [0.2, 0.25) is 0 Å². The highest BCUT2D eigenvalue weighted by Crippen LogP contribution is 2.31. The molecule has 4 heteroatoms. The Balaban J connectivity index is 1.91. The molecule has 16 heavy (non-hydrogen) atoms. The minimum atomic E-state index is 0.495. The molecule has 1 aromatic heterocycles. The molecule has 0 saturated heterocycles. The molecule has 1 heterocycles. The molecule has 1 N–H and O–H groups in total. The number of hydrogen-bond acceptors (Lipinski definition) is 3. The van der Waals surface area contributed by atoms with Crippen molar-refractivity contribution >= 4 is 0 Å². The molecule has 1 aliphatic rings. The molecule has 90 valence electrons. The fraction of sp³-hybridized carbons (Fsp3) is 0.833. The van der Waals surface area contributed by atoms with Gasteiger partial charge in [0.1, 0.15) is 5.82 Å². The second-order valence-corrected chi connectivity index (χ2v) is 4.89. The minimum Gasteiger partial charge on any atom is -0.384 e. The lowest BCUT2D eigenvalue weighted by molar-refractivity contribution is 0.159. The van der Waals surface area contributed by atoms with Crippen LogP contribution in [0.1, 0.15) is 50.2 Å². The Hall–Kier alpha value is -0.900. The van der Waals surface area contributed by atoms with E-state index in [0.717, 1.165) is 24.7 Å². The summed E-state index contributed by atoms with van der Waals surface area (Å²) in [5.41, 5.74) is 0. The lowest BCUT2D eigenvalue weighted by atomic mass is 10.1. The highest BCUT2D eigenvalue weighted by atomic mass is 16.5. The maximum absolute atomic E-state index is 5.12. The van der Waals surface area contributed by atoms with Gasteiger partial charge in [0.2, 0.25) is 0 Å². The summed E-state index contributed by atoms with van der Waals surface area (Å²) in [5, 5.41) is 7.39. The van der Waals surface area contributed by atoms with Gasteiger partial charge >= 0.3 is 0 Å². The molecule has 0 amide bonds. The second-order valence-electron chi connectivity index (χ2n) is 4.89. The average molecular weight is 223 g/mol. The summed E-state index contributed by atoms with van der Waals surface area (Å²) in [6.45, 7) is 2.95. The van der Waals surface area contributed by atoms with Crippen LogP contribution in [-0.2, 0) is 11.2 Å². The van der Waals surface area contributed by atoms with Crippen molar-refractivity contribution in [1.29, 1.82) is 0 Å². The molecular weight excluding hydrogens is 202 g/mol. The van der Waals surface area contributed by atoms with E-state index in [-0.39, 0.29) is 0 Å². The molecule has 4 nitrogen and oxygen atoms in total. The first-order chi connectivity index (χ1) is 7.79. The Morgan fingerprint density at radius 2 is 2.19 bits per heavy atom. The lowest BCUT2D eigenvalue weighted by Gasteiger charge is -2.06. The summed E-state index contributed by atoms with van der Waals surface area (Å²) in [6, 6.07) is 0. The molecule has 0 aliphatic heterocycles. The number of hydrogen-bond donors (Lipinski definition) is 1. The summed E-state index contributed by atoms with van der Waals surface area (Å²) in [4.78, 5) is 4.59. The van der Waals surface area contributed by atoms with Gasteiger partial charge in [-0.3, -0.25) is 5.10 Å². The first kappa shape index (κ1) is 11.6. The van der Waals surface area contributed by atoms with Crippen LogP contribution >= 0.6 is 0 Å². The molecule has 1 unspecified atom stereocenters. The molecule has 0 spiro atoms. The van der Waals surface area contributed by atoms with Crippen molar-refractivity contribution in [1.82, 2.24) is 15.2 Å². The minimum absolute atomic E-state index is 0.495. The zero-order valence-electron chi connectivity index (χ0n) is 10.2. The van der Waals surface area contributed by atoms with Gasteiger partial charge in [-0.2, -0.15) is 5.10 Å². The van der Waals surface area contributed by atoms with Crippen molar-refractivity contribution in [3.05, 3.63) is 11.6 Å². The Morgan fingerprint density at radius 3 is 2.88 bits per heavy atom. The van der Waals surface area contributed by atoms with Gasteiger partial charge in [-0.1, -0.05) is 19.8 Å². The van der Waals surface area contributed by atoms with Crippen molar-refractivity contribution in [2.45, 2.75) is 44.9 Å². The van der Waals surface area contributed by atoms with Crippen LogP contribution in [0.5, 0.6) is 0 Å². The number of rotatable bonds is 5. The van der Waals surface area contributed by atoms with Gasteiger partial charge in [0.25, 0.3) is 0 Å². The smallest absolute Gasteiger partial charge is 0.153 e. The molecule has 1 fully saturated rings. The maximum atomic E-state index is 5.12. The molecular formula is C12H21N3O. The fourth-order valence-corrected chi connectivity index (χ4v) is 2.44. The van der Waals surface area contributed by atoms with Gasteiger partial charge in [-0.05, 0) is 18.8 Å². The van der Waals surface area contributed by atoms with E-state index >= 15 is 0 Å². The summed E-state index contributed by atoms with van der Waals surface area (Å²) in [6.07, 6.45) is 6.09. The van der Waals surface area contributed by atoms with Crippen molar-refractivity contribution in [3.8, 4) is 0 Å². The van der Waals surface area contributed by atoms with E-state index in [1.165, 1.54) is 25.7 Å². The fourth-order valence-electron chi connectivity index (χ4n) is 2.44. The number of nitrogens with zero attached hydrogens (tertiary/aromatic N) is 2. The van der Waals surface area contributed by atoms with E-state index in [9.17, 15) is 0 Å². The van der Waals surface area contributed by atoms with Gasteiger partial charge in [0.15, 0.2) is 5.82 Å². The van der Waals surface area contributed by atoms with E-state index in [1.54, 1.807) is 7.11 Å². The van der Waals surface area contributed by atoms with E-state index in [1.807, 2.05) is 0 Å². The van der Waals surface area contributed by atoms with Crippen LogP contribution in [0.4, 0.5) is 0 Å². The monoisotopic (exact) mass is 223 g/mol. The average Bonchev–Trinajstić information content (AvgIpc) is 2.86. The third kappa shape index (κ3) is 2.82. The van der Waals surface area contributed by atoms with Crippen molar-refractivity contribution in [2.75, 3.05) is 13.7 Å². The van der Waals surface area contributed by atoms with E-state index in [2.05, 4.69) is 22.1 Å².